The van der Waals surface area contributed by atoms with Crippen molar-refractivity contribution in [2.45, 2.75) is 13.8 Å². The molecule has 0 bridgehead atoms. The van der Waals surface area contributed by atoms with Gasteiger partial charge in [0.25, 0.3) is 0 Å². The number of nitrogens with two attached hydrogens (primary N) is 3. The van der Waals surface area contributed by atoms with Gasteiger partial charge < -0.3 is 21.9 Å². The molecule has 1 aromatic heterocycles. The highest BCUT2D eigenvalue weighted by atomic mass is 16.5. The molecule has 6 N–H and O–H groups in total. The van der Waals surface area contributed by atoms with Crippen molar-refractivity contribution in [2.24, 2.45) is 5.92 Å². The molecule has 1 heterocycles. The summed E-state index contributed by atoms with van der Waals surface area (Å²) in [6.07, 6.45) is 0. The van der Waals surface area contributed by atoms with E-state index in [9.17, 15) is 0 Å². The van der Waals surface area contributed by atoms with E-state index >= 15 is 0 Å². The molecular weight excluding hydrogens is 182 g/mol. The predicted octanol–water partition coefficient (Wildman–Crippen LogP) is 0.258. The lowest BCUT2D eigenvalue weighted by molar-refractivity contribution is 0.263. The highest BCUT2D eigenvalue weighted by Crippen LogP contribution is 2.24. The van der Waals surface area contributed by atoms with Crippen LogP contribution in [-0.4, -0.2) is 16.6 Å². The molecule has 78 valence electrons. The average Bonchev–Trinajstić information content (AvgIpc) is 2.08. The first kappa shape index (κ1) is 10.4. The summed E-state index contributed by atoms with van der Waals surface area (Å²) in [6, 6.07) is 0. The van der Waals surface area contributed by atoms with E-state index in [-0.39, 0.29) is 23.3 Å². The molecule has 0 saturated heterocycles. The highest BCUT2D eigenvalue weighted by molar-refractivity contribution is 5.65. The van der Waals surface area contributed by atoms with Gasteiger partial charge in [0.15, 0.2) is 5.82 Å². The Labute approximate surface area is 82.5 Å². The molecule has 0 aliphatic carbocycles. The molecule has 0 saturated carbocycles. The van der Waals surface area contributed by atoms with Crippen LogP contribution in [-0.2, 0) is 0 Å². The molecule has 0 spiro atoms. The van der Waals surface area contributed by atoms with Gasteiger partial charge in [-0.1, -0.05) is 13.8 Å². The molecule has 0 radical (unpaired) electrons. The van der Waals surface area contributed by atoms with Crippen LogP contribution in [0.3, 0.4) is 0 Å². The third-order valence-electron chi connectivity index (χ3n) is 1.51. The normalized spacial score (nSPS) is 10.5. The van der Waals surface area contributed by atoms with Crippen molar-refractivity contribution in [2.75, 3.05) is 23.8 Å². The van der Waals surface area contributed by atoms with Crippen LogP contribution in [0, 0.1) is 5.92 Å². The van der Waals surface area contributed by atoms with Crippen LogP contribution in [0.1, 0.15) is 13.8 Å². The summed E-state index contributed by atoms with van der Waals surface area (Å²) in [5.74, 6) is 0.849. The largest absolute Gasteiger partial charge is 0.476 e. The summed E-state index contributed by atoms with van der Waals surface area (Å²) in [5, 5.41) is 0. The molecule has 1 rings (SSSR count). The number of hydrogen-bond donors (Lipinski definition) is 3. The number of hydrogen-bond acceptors (Lipinski definition) is 6. The van der Waals surface area contributed by atoms with Crippen molar-refractivity contribution < 1.29 is 4.74 Å². The van der Waals surface area contributed by atoms with Crippen LogP contribution in [0.15, 0.2) is 0 Å². The van der Waals surface area contributed by atoms with Gasteiger partial charge in [-0.05, 0) is 5.92 Å². The van der Waals surface area contributed by atoms with Crippen molar-refractivity contribution in [1.29, 1.82) is 0 Å². The van der Waals surface area contributed by atoms with Crippen molar-refractivity contribution in [3.8, 4) is 5.88 Å². The Morgan fingerprint density at radius 2 is 1.86 bits per heavy atom. The van der Waals surface area contributed by atoms with Crippen LogP contribution >= 0.6 is 0 Å². The molecule has 6 nitrogen and oxygen atoms in total. The molecule has 0 aliphatic heterocycles. The van der Waals surface area contributed by atoms with Crippen molar-refractivity contribution in [3.05, 3.63) is 0 Å². The first-order valence-corrected chi connectivity index (χ1v) is 4.32. The molecule has 1 aromatic rings. The lowest BCUT2D eigenvalue weighted by Crippen LogP contribution is -2.11. The Hall–Kier alpha value is -1.72. The fourth-order valence-electron chi connectivity index (χ4n) is 0.838. The molecule has 0 amide bonds. The third-order valence-corrected chi connectivity index (χ3v) is 1.51. The maximum Gasteiger partial charge on any atom is 0.244 e. The van der Waals surface area contributed by atoms with Crippen molar-refractivity contribution >= 4 is 17.5 Å². The van der Waals surface area contributed by atoms with Gasteiger partial charge in [-0.3, -0.25) is 0 Å². The first-order chi connectivity index (χ1) is 6.50. The van der Waals surface area contributed by atoms with E-state index in [0.717, 1.165) is 0 Å². The maximum atomic E-state index is 5.61. The van der Waals surface area contributed by atoms with Gasteiger partial charge in [0.2, 0.25) is 11.8 Å². The number of rotatable bonds is 3. The second-order valence-corrected chi connectivity index (χ2v) is 3.39. The summed E-state index contributed by atoms with van der Waals surface area (Å²) in [6.45, 7) is 4.55. The van der Waals surface area contributed by atoms with E-state index in [1.165, 1.54) is 0 Å². The van der Waals surface area contributed by atoms with Gasteiger partial charge in [0.1, 0.15) is 5.69 Å². The van der Waals surface area contributed by atoms with Crippen LogP contribution < -0.4 is 21.9 Å². The van der Waals surface area contributed by atoms with Crippen LogP contribution in [0.25, 0.3) is 0 Å². The second kappa shape index (κ2) is 3.99. The van der Waals surface area contributed by atoms with Crippen LogP contribution in [0.5, 0.6) is 5.88 Å². The van der Waals surface area contributed by atoms with Crippen molar-refractivity contribution in [3.63, 3.8) is 0 Å². The second-order valence-electron chi connectivity index (χ2n) is 3.39. The molecule has 0 fully saturated rings. The standard InChI is InChI=1S/C8H15N5O/c1-4(2)3-14-7-5(9)6(10)12-8(11)13-7/h4H,3,9H2,1-2H3,(H4,10,11,12,13). The summed E-state index contributed by atoms with van der Waals surface area (Å²) >= 11 is 0. The lowest BCUT2D eigenvalue weighted by Gasteiger charge is -2.10. The maximum absolute atomic E-state index is 5.61. The topological polar surface area (TPSA) is 113 Å². The molecule has 0 unspecified atom stereocenters. The fraction of sp³-hybridized carbons (Fsp3) is 0.500. The van der Waals surface area contributed by atoms with E-state index in [2.05, 4.69) is 9.97 Å². The molecule has 6 heteroatoms. The number of aromatic nitrogens is 2. The van der Waals surface area contributed by atoms with E-state index in [0.29, 0.717) is 12.5 Å². The van der Waals surface area contributed by atoms with Crippen LogP contribution in [0.2, 0.25) is 0 Å². The predicted molar refractivity (Wildman–Crippen MR) is 55.6 cm³/mol. The van der Waals surface area contributed by atoms with Crippen molar-refractivity contribution in [1.82, 2.24) is 9.97 Å². The first-order valence-electron chi connectivity index (χ1n) is 4.32. The molecular formula is C8H15N5O. The van der Waals surface area contributed by atoms with Gasteiger partial charge in [0.05, 0.1) is 6.61 Å². The monoisotopic (exact) mass is 197 g/mol. The van der Waals surface area contributed by atoms with E-state index in [4.69, 9.17) is 21.9 Å². The minimum absolute atomic E-state index is 0.0652. The number of nitrogen functional groups attached to an aromatic ring is 3. The summed E-state index contributed by atoms with van der Waals surface area (Å²) in [5.41, 5.74) is 16.7. The van der Waals surface area contributed by atoms with Gasteiger partial charge in [0, 0.05) is 0 Å². The smallest absolute Gasteiger partial charge is 0.244 e. The third kappa shape index (κ3) is 2.38. The van der Waals surface area contributed by atoms with E-state index in [1.807, 2.05) is 13.8 Å². The molecule has 0 atom stereocenters. The molecule has 14 heavy (non-hydrogen) atoms. The quantitative estimate of drug-likeness (QED) is 0.640. The number of nitrogens with zero attached hydrogens (tertiary/aromatic N) is 2. The molecule has 0 aromatic carbocycles. The summed E-state index contributed by atoms with van der Waals surface area (Å²) < 4.78 is 5.32. The number of ether oxygens (including phenoxy) is 1. The Bertz CT molecular complexity index is 326. The fourth-order valence-corrected chi connectivity index (χ4v) is 0.838. The van der Waals surface area contributed by atoms with E-state index in [1.54, 1.807) is 0 Å². The Balaban J connectivity index is 2.85. The lowest BCUT2D eigenvalue weighted by atomic mass is 10.2. The van der Waals surface area contributed by atoms with Gasteiger partial charge in [-0.2, -0.15) is 9.97 Å². The zero-order valence-electron chi connectivity index (χ0n) is 8.32. The Kier molecular flexibility index (Phi) is 2.95. The van der Waals surface area contributed by atoms with Crippen LogP contribution in [0.4, 0.5) is 17.5 Å². The Morgan fingerprint density at radius 1 is 1.21 bits per heavy atom. The zero-order valence-corrected chi connectivity index (χ0v) is 8.32. The number of anilines is 3. The SMILES string of the molecule is CC(C)COc1nc(N)nc(N)c1N. The minimum atomic E-state index is 0.0652. The highest BCUT2D eigenvalue weighted by Gasteiger charge is 2.09. The Morgan fingerprint density at radius 3 is 2.43 bits per heavy atom. The van der Waals surface area contributed by atoms with Gasteiger partial charge >= 0.3 is 0 Å². The average molecular weight is 197 g/mol. The minimum Gasteiger partial charge on any atom is -0.476 e. The summed E-state index contributed by atoms with van der Waals surface area (Å²) in [7, 11) is 0. The van der Waals surface area contributed by atoms with Gasteiger partial charge in [-0.25, -0.2) is 0 Å². The van der Waals surface area contributed by atoms with E-state index < -0.39 is 0 Å². The van der Waals surface area contributed by atoms with Gasteiger partial charge in [-0.15, -0.1) is 0 Å². The zero-order chi connectivity index (χ0) is 10.7. The molecule has 0 aliphatic rings. The summed E-state index contributed by atoms with van der Waals surface area (Å²) in [4.78, 5) is 7.55.